The molecule has 0 spiro atoms. The Balaban J connectivity index is 1.95. The molecule has 0 N–H and O–H groups in total. The number of carbonyl (C=O) groups is 1. The first-order chi connectivity index (χ1) is 8.40. The third kappa shape index (κ3) is 1.84. The number of anilines is 1. The van der Waals surface area contributed by atoms with Crippen LogP contribution in [0.25, 0.3) is 0 Å². The van der Waals surface area contributed by atoms with E-state index < -0.39 is 0 Å². The summed E-state index contributed by atoms with van der Waals surface area (Å²) in [5, 5.41) is 0. The molecule has 1 heterocycles. The topological polar surface area (TPSA) is 29.5 Å². The van der Waals surface area contributed by atoms with Crippen LogP contribution in [0, 0.1) is 0 Å². The normalized spacial score (nSPS) is 23.5. The molecule has 0 bridgehead atoms. The first-order valence-corrected chi connectivity index (χ1v) is 6.30. The Hall–Kier alpha value is -1.35. The Kier molecular flexibility index (Phi) is 2.85. The third-order valence-corrected chi connectivity index (χ3v) is 3.81. The smallest absolute Gasteiger partial charge is 0.127 e. The summed E-state index contributed by atoms with van der Waals surface area (Å²) in [6.07, 6.45) is 3.10. The zero-order valence-electron chi connectivity index (χ0n) is 9.89. The molecule has 2 aliphatic rings. The first kappa shape index (κ1) is 10.8. The summed E-state index contributed by atoms with van der Waals surface area (Å²) in [5.41, 5.74) is 3.94. The number of nitrogens with zero attached hydrogens (tertiary/aromatic N) is 1. The molecule has 1 unspecified atom stereocenters. The summed E-state index contributed by atoms with van der Waals surface area (Å²) >= 11 is 0. The first-order valence-electron chi connectivity index (χ1n) is 6.30. The van der Waals surface area contributed by atoms with Crippen LogP contribution in [0.4, 0.5) is 5.69 Å². The van der Waals surface area contributed by atoms with Crippen molar-refractivity contribution in [2.75, 3.05) is 31.2 Å². The van der Waals surface area contributed by atoms with Gasteiger partial charge >= 0.3 is 0 Å². The Morgan fingerprint density at radius 3 is 2.88 bits per heavy atom. The second-order valence-corrected chi connectivity index (χ2v) is 4.73. The largest absolute Gasteiger partial charge is 0.378 e. The zero-order chi connectivity index (χ0) is 11.7. The van der Waals surface area contributed by atoms with Crippen LogP contribution in [0.3, 0.4) is 0 Å². The maximum Gasteiger partial charge on any atom is 0.127 e. The zero-order valence-corrected chi connectivity index (χ0v) is 9.89. The van der Waals surface area contributed by atoms with Crippen LogP contribution in [0.2, 0.25) is 0 Å². The van der Waals surface area contributed by atoms with Gasteiger partial charge in [0.25, 0.3) is 0 Å². The van der Waals surface area contributed by atoms with Crippen molar-refractivity contribution in [1.82, 2.24) is 0 Å². The minimum absolute atomic E-state index is 0.117. The van der Waals surface area contributed by atoms with E-state index in [4.69, 9.17) is 4.74 Å². The van der Waals surface area contributed by atoms with Crippen LogP contribution < -0.4 is 4.90 Å². The third-order valence-electron chi connectivity index (χ3n) is 3.81. The van der Waals surface area contributed by atoms with Crippen molar-refractivity contribution in [3.63, 3.8) is 0 Å². The van der Waals surface area contributed by atoms with Gasteiger partial charge in [0.05, 0.1) is 13.2 Å². The van der Waals surface area contributed by atoms with Crippen LogP contribution in [0.5, 0.6) is 0 Å². The molecule has 1 aromatic carbocycles. The second kappa shape index (κ2) is 4.49. The van der Waals surface area contributed by atoms with Crippen molar-refractivity contribution in [2.24, 2.45) is 0 Å². The molecular weight excluding hydrogens is 214 g/mol. The minimum atomic E-state index is 0.117. The van der Waals surface area contributed by atoms with Gasteiger partial charge in [0, 0.05) is 24.7 Å². The highest BCUT2D eigenvalue weighted by molar-refractivity contribution is 5.70. The quantitative estimate of drug-likeness (QED) is 0.726. The molecule has 90 valence electrons. The molecule has 1 saturated heterocycles. The molecule has 0 amide bonds. The summed E-state index contributed by atoms with van der Waals surface area (Å²) in [6.45, 7) is 3.53. The number of hydrogen-bond acceptors (Lipinski definition) is 3. The van der Waals surface area contributed by atoms with E-state index in [2.05, 4.69) is 23.1 Å². The van der Waals surface area contributed by atoms with Gasteiger partial charge < -0.3 is 14.4 Å². The van der Waals surface area contributed by atoms with E-state index in [1.807, 2.05) is 0 Å². The Bertz CT molecular complexity index is 424. The summed E-state index contributed by atoms with van der Waals surface area (Å²) in [5.74, 6) is 0.117. The van der Waals surface area contributed by atoms with Crippen LogP contribution in [-0.4, -0.2) is 32.6 Å². The van der Waals surface area contributed by atoms with Crippen molar-refractivity contribution in [3.05, 3.63) is 29.3 Å². The minimum Gasteiger partial charge on any atom is -0.378 e. The van der Waals surface area contributed by atoms with Gasteiger partial charge in [-0.2, -0.15) is 0 Å². The highest BCUT2D eigenvalue weighted by Crippen LogP contribution is 2.37. The predicted octanol–water partition coefficient (Wildman–Crippen LogP) is 1.75. The fraction of sp³-hybridized carbons (Fsp3) is 0.500. The molecule has 0 radical (unpaired) electrons. The number of morpholine rings is 1. The number of benzene rings is 1. The van der Waals surface area contributed by atoms with E-state index in [0.717, 1.165) is 45.4 Å². The fourth-order valence-electron chi connectivity index (χ4n) is 2.91. The summed E-state index contributed by atoms with van der Waals surface area (Å²) in [7, 11) is 0. The Morgan fingerprint density at radius 1 is 1.29 bits per heavy atom. The van der Waals surface area contributed by atoms with Crippen molar-refractivity contribution >= 4 is 12.0 Å². The van der Waals surface area contributed by atoms with Crippen LogP contribution in [0.1, 0.15) is 23.5 Å². The van der Waals surface area contributed by atoms with Gasteiger partial charge in [-0.3, -0.25) is 0 Å². The van der Waals surface area contributed by atoms with Gasteiger partial charge in [0.15, 0.2) is 0 Å². The molecule has 3 nitrogen and oxygen atoms in total. The van der Waals surface area contributed by atoms with Gasteiger partial charge in [0.1, 0.15) is 6.29 Å². The molecule has 1 atom stereocenters. The fourth-order valence-corrected chi connectivity index (χ4v) is 2.91. The molecule has 1 fully saturated rings. The van der Waals surface area contributed by atoms with Crippen molar-refractivity contribution in [3.8, 4) is 0 Å². The van der Waals surface area contributed by atoms with Gasteiger partial charge in [-0.05, 0) is 30.0 Å². The molecule has 3 rings (SSSR count). The lowest BCUT2D eigenvalue weighted by Gasteiger charge is -2.30. The van der Waals surface area contributed by atoms with Crippen molar-refractivity contribution in [2.45, 2.75) is 18.8 Å². The SMILES string of the molecule is O=CC1CCc2c1cccc2N1CCOCC1. The van der Waals surface area contributed by atoms with Crippen molar-refractivity contribution in [1.29, 1.82) is 0 Å². The number of carbonyl (C=O) groups excluding carboxylic acids is 1. The lowest BCUT2D eigenvalue weighted by atomic mass is 10.0. The molecule has 1 aliphatic heterocycles. The van der Waals surface area contributed by atoms with E-state index in [1.165, 1.54) is 16.8 Å². The highest BCUT2D eigenvalue weighted by Gasteiger charge is 2.26. The molecule has 1 aliphatic carbocycles. The highest BCUT2D eigenvalue weighted by atomic mass is 16.5. The number of ether oxygens (including phenoxy) is 1. The molecule has 3 heteroatoms. The van der Waals surface area contributed by atoms with E-state index in [0.29, 0.717) is 0 Å². The van der Waals surface area contributed by atoms with E-state index in [1.54, 1.807) is 0 Å². The molecule has 17 heavy (non-hydrogen) atoms. The standard InChI is InChI=1S/C14H17NO2/c16-10-11-4-5-13-12(11)2-1-3-14(13)15-6-8-17-9-7-15/h1-3,10-11H,4-9H2. The van der Waals surface area contributed by atoms with E-state index in [-0.39, 0.29) is 5.92 Å². The van der Waals surface area contributed by atoms with Crippen LogP contribution >= 0.6 is 0 Å². The molecule has 1 aromatic rings. The molecule has 0 aromatic heterocycles. The summed E-state index contributed by atoms with van der Waals surface area (Å²) in [6, 6.07) is 6.36. The van der Waals surface area contributed by atoms with E-state index >= 15 is 0 Å². The second-order valence-electron chi connectivity index (χ2n) is 4.73. The van der Waals surface area contributed by atoms with Gasteiger partial charge in [0.2, 0.25) is 0 Å². The van der Waals surface area contributed by atoms with Crippen LogP contribution in [-0.2, 0) is 16.0 Å². The maximum absolute atomic E-state index is 11.0. The van der Waals surface area contributed by atoms with Gasteiger partial charge in [-0.1, -0.05) is 12.1 Å². The summed E-state index contributed by atoms with van der Waals surface area (Å²) < 4.78 is 5.39. The van der Waals surface area contributed by atoms with Crippen LogP contribution in [0.15, 0.2) is 18.2 Å². The average molecular weight is 231 g/mol. The average Bonchev–Trinajstić information content (AvgIpc) is 2.82. The lowest BCUT2D eigenvalue weighted by Crippen LogP contribution is -2.36. The molecular formula is C14H17NO2. The van der Waals surface area contributed by atoms with E-state index in [9.17, 15) is 4.79 Å². The van der Waals surface area contributed by atoms with Gasteiger partial charge in [-0.15, -0.1) is 0 Å². The Morgan fingerprint density at radius 2 is 2.12 bits per heavy atom. The predicted molar refractivity (Wildman–Crippen MR) is 66.6 cm³/mol. The molecule has 0 saturated carbocycles. The monoisotopic (exact) mass is 231 g/mol. The van der Waals surface area contributed by atoms with Gasteiger partial charge in [-0.25, -0.2) is 0 Å². The maximum atomic E-state index is 11.0. The Labute approximate surface area is 101 Å². The number of rotatable bonds is 2. The summed E-state index contributed by atoms with van der Waals surface area (Å²) in [4.78, 5) is 13.4. The van der Waals surface area contributed by atoms with Crippen molar-refractivity contribution < 1.29 is 9.53 Å². The number of hydrogen-bond donors (Lipinski definition) is 0. The number of aldehydes is 1. The number of fused-ring (bicyclic) bond motifs is 1. The lowest BCUT2D eigenvalue weighted by molar-refractivity contribution is -0.109.